The molecule has 0 saturated heterocycles. The second kappa shape index (κ2) is 4.25. The van der Waals surface area contributed by atoms with Crippen LogP contribution in [0.15, 0.2) is 22.9 Å². The van der Waals surface area contributed by atoms with Gasteiger partial charge in [-0.2, -0.15) is 0 Å². The lowest BCUT2D eigenvalue weighted by Crippen LogP contribution is -1.99. The summed E-state index contributed by atoms with van der Waals surface area (Å²) in [5.41, 5.74) is 1.07. The third-order valence-electron chi connectivity index (χ3n) is 2.39. The molecule has 16 heavy (non-hydrogen) atoms. The topological polar surface area (TPSA) is 54.6 Å². The van der Waals surface area contributed by atoms with Crippen molar-refractivity contribution in [2.24, 2.45) is 0 Å². The molecule has 2 aromatic heterocycles. The van der Waals surface area contributed by atoms with Crippen LogP contribution in [0, 0.1) is 0 Å². The summed E-state index contributed by atoms with van der Waals surface area (Å²) < 4.78 is 2.61. The lowest BCUT2D eigenvalue weighted by atomic mass is 10.2. The monoisotopic (exact) mass is 282 g/mol. The molecule has 5 heteroatoms. The molecule has 2 heterocycles. The number of carboxylic acid groups (broad SMARTS) is 1. The van der Waals surface area contributed by atoms with Crippen molar-refractivity contribution in [3.8, 4) is 0 Å². The third kappa shape index (κ3) is 1.82. The number of imidazole rings is 1. The molecule has 2 rings (SSSR count). The average Bonchev–Trinajstić information content (AvgIpc) is 2.56. The molecule has 0 fully saturated rings. The number of hydrogen-bond donors (Lipinski definition) is 1. The lowest BCUT2D eigenvalue weighted by molar-refractivity contribution is 0.0697. The fourth-order valence-corrected chi connectivity index (χ4v) is 2.15. The van der Waals surface area contributed by atoms with Gasteiger partial charge < -0.3 is 9.51 Å². The summed E-state index contributed by atoms with van der Waals surface area (Å²) in [6.07, 6.45) is 3.63. The van der Waals surface area contributed by atoms with Crippen LogP contribution in [0.25, 0.3) is 5.52 Å². The maximum atomic E-state index is 10.8. The second-order valence-electron chi connectivity index (χ2n) is 3.54. The van der Waals surface area contributed by atoms with Gasteiger partial charge in [0, 0.05) is 12.6 Å². The molecule has 0 aliphatic carbocycles. The Balaban J connectivity index is 2.61. The Kier molecular flexibility index (Phi) is 2.96. The zero-order chi connectivity index (χ0) is 11.7. The van der Waals surface area contributed by atoms with E-state index in [2.05, 4.69) is 27.8 Å². The highest BCUT2D eigenvalue weighted by molar-refractivity contribution is 9.10. The fourth-order valence-electron chi connectivity index (χ4n) is 1.64. The van der Waals surface area contributed by atoms with Gasteiger partial charge in [0.1, 0.15) is 10.4 Å². The first-order chi connectivity index (χ1) is 7.63. The molecule has 0 aliphatic heterocycles. The van der Waals surface area contributed by atoms with Gasteiger partial charge in [-0.1, -0.05) is 6.92 Å². The van der Waals surface area contributed by atoms with E-state index in [-0.39, 0.29) is 5.56 Å². The van der Waals surface area contributed by atoms with Gasteiger partial charge in [0.2, 0.25) is 0 Å². The minimum Gasteiger partial charge on any atom is -0.478 e. The van der Waals surface area contributed by atoms with Crippen LogP contribution in [-0.4, -0.2) is 20.5 Å². The number of pyridine rings is 1. The first-order valence-electron chi connectivity index (χ1n) is 5.03. The predicted molar refractivity (Wildman–Crippen MR) is 63.8 cm³/mol. The Morgan fingerprint density at radius 2 is 2.38 bits per heavy atom. The highest BCUT2D eigenvalue weighted by Crippen LogP contribution is 2.21. The van der Waals surface area contributed by atoms with E-state index in [9.17, 15) is 4.79 Å². The molecule has 2 aromatic rings. The number of aromatic carboxylic acids is 1. The van der Waals surface area contributed by atoms with Crippen molar-refractivity contribution in [1.82, 2.24) is 9.38 Å². The van der Waals surface area contributed by atoms with Gasteiger partial charge in [-0.05, 0) is 34.5 Å². The van der Waals surface area contributed by atoms with Gasteiger partial charge in [0.15, 0.2) is 0 Å². The number of carbonyl (C=O) groups is 1. The molecular formula is C11H11BrN2O2. The molecule has 4 nitrogen and oxygen atoms in total. The second-order valence-corrected chi connectivity index (χ2v) is 4.30. The van der Waals surface area contributed by atoms with E-state index in [4.69, 9.17) is 5.11 Å². The van der Waals surface area contributed by atoms with Crippen LogP contribution in [0.2, 0.25) is 0 Å². The first-order valence-corrected chi connectivity index (χ1v) is 5.82. The first kappa shape index (κ1) is 11.1. The van der Waals surface area contributed by atoms with Crippen LogP contribution in [-0.2, 0) is 6.42 Å². The standard InChI is InChI=1S/C11H11BrN2O2/c1-2-3-9-13-10(12)8-6-7(11(15)16)4-5-14(8)9/h4-6H,2-3H2,1H3,(H,15,16). The summed E-state index contributed by atoms with van der Waals surface area (Å²) in [6, 6.07) is 3.21. The zero-order valence-electron chi connectivity index (χ0n) is 8.77. The van der Waals surface area contributed by atoms with Crippen molar-refractivity contribution in [2.75, 3.05) is 0 Å². The smallest absolute Gasteiger partial charge is 0.335 e. The molecule has 84 valence electrons. The van der Waals surface area contributed by atoms with Gasteiger partial charge in [-0.25, -0.2) is 9.78 Å². The van der Waals surface area contributed by atoms with Gasteiger partial charge in [0.05, 0.1) is 11.1 Å². The van der Waals surface area contributed by atoms with Crippen LogP contribution >= 0.6 is 15.9 Å². The van der Waals surface area contributed by atoms with Crippen molar-refractivity contribution in [3.63, 3.8) is 0 Å². The molecule has 0 spiro atoms. The average molecular weight is 283 g/mol. The van der Waals surface area contributed by atoms with E-state index in [0.717, 1.165) is 24.2 Å². The van der Waals surface area contributed by atoms with Crippen molar-refractivity contribution < 1.29 is 9.90 Å². The molecule has 0 radical (unpaired) electrons. The normalized spacial score (nSPS) is 10.9. The van der Waals surface area contributed by atoms with Crippen molar-refractivity contribution >= 4 is 27.4 Å². The van der Waals surface area contributed by atoms with E-state index < -0.39 is 5.97 Å². The number of carboxylic acids is 1. The summed E-state index contributed by atoms with van der Waals surface area (Å²) >= 11 is 3.35. The summed E-state index contributed by atoms with van der Waals surface area (Å²) in [5, 5.41) is 8.90. The molecule has 0 aliphatic rings. The molecule has 0 aromatic carbocycles. The van der Waals surface area contributed by atoms with Crippen LogP contribution in [0.1, 0.15) is 29.5 Å². The molecule has 0 amide bonds. The van der Waals surface area contributed by atoms with Crippen LogP contribution < -0.4 is 0 Å². The molecule has 0 bridgehead atoms. The largest absolute Gasteiger partial charge is 0.478 e. The Morgan fingerprint density at radius 3 is 3.00 bits per heavy atom. The fraction of sp³-hybridized carbons (Fsp3) is 0.273. The molecule has 0 saturated carbocycles. The van der Waals surface area contributed by atoms with Gasteiger partial charge in [-0.3, -0.25) is 0 Å². The van der Waals surface area contributed by atoms with Crippen molar-refractivity contribution in [3.05, 3.63) is 34.3 Å². The highest BCUT2D eigenvalue weighted by atomic mass is 79.9. The third-order valence-corrected chi connectivity index (χ3v) is 2.98. The number of aromatic nitrogens is 2. The molecular weight excluding hydrogens is 272 g/mol. The zero-order valence-corrected chi connectivity index (χ0v) is 10.4. The van der Waals surface area contributed by atoms with E-state index in [1.807, 2.05) is 4.40 Å². The number of aryl methyl sites for hydroxylation is 1. The van der Waals surface area contributed by atoms with Crippen molar-refractivity contribution in [2.45, 2.75) is 19.8 Å². The lowest BCUT2D eigenvalue weighted by Gasteiger charge is -2.00. The van der Waals surface area contributed by atoms with Gasteiger partial charge in [-0.15, -0.1) is 0 Å². The molecule has 0 unspecified atom stereocenters. The Morgan fingerprint density at radius 1 is 1.62 bits per heavy atom. The Hall–Kier alpha value is -1.36. The van der Waals surface area contributed by atoms with E-state index in [1.165, 1.54) is 0 Å². The molecule has 1 N–H and O–H groups in total. The highest BCUT2D eigenvalue weighted by Gasteiger charge is 2.11. The number of nitrogens with zero attached hydrogens (tertiary/aromatic N) is 2. The molecule has 0 atom stereocenters. The van der Waals surface area contributed by atoms with Gasteiger partial charge >= 0.3 is 5.97 Å². The van der Waals surface area contributed by atoms with Gasteiger partial charge in [0.25, 0.3) is 0 Å². The number of hydrogen-bond acceptors (Lipinski definition) is 2. The van der Waals surface area contributed by atoms with Crippen LogP contribution in [0.5, 0.6) is 0 Å². The predicted octanol–water partition coefficient (Wildman–Crippen LogP) is 2.75. The maximum Gasteiger partial charge on any atom is 0.335 e. The summed E-state index contributed by atoms with van der Waals surface area (Å²) in [7, 11) is 0. The van der Waals surface area contributed by atoms with Crippen LogP contribution in [0.4, 0.5) is 0 Å². The Labute approximate surface area is 101 Å². The minimum absolute atomic E-state index is 0.274. The summed E-state index contributed by atoms with van der Waals surface area (Å²) in [5.74, 6) is 0.0222. The maximum absolute atomic E-state index is 10.8. The number of halogens is 1. The van der Waals surface area contributed by atoms with E-state index >= 15 is 0 Å². The summed E-state index contributed by atoms with van der Waals surface area (Å²) in [4.78, 5) is 15.2. The van der Waals surface area contributed by atoms with Crippen LogP contribution in [0.3, 0.4) is 0 Å². The number of fused-ring (bicyclic) bond motifs is 1. The number of rotatable bonds is 3. The minimum atomic E-state index is -0.923. The Bertz CT molecular complexity index is 548. The SMILES string of the molecule is CCCc1nc(Br)c2cc(C(=O)O)ccn12. The summed E-state index contributed by atoms with van der Waals surface area (Å²) in [6.45, 7) is 2.08. The quantitative estimate of drug-likeness (QED) is 0.942. The van der Waals surface area contributed by atoms with E-state index in [0.29, 0.717) is 4.60 Å². The van der Waals surface area contributed by atoms with E-state index in [1.54, 1.807) is 18.3 Å². The van der Waals surface area contributed by atoms with Crippen molar-refractivity contribution in [1.29, 1.82) is 0 Å².